The van der Waals surface area contributed by atoms with Crippen LogP contribution in [0.25, 0.3) is 11.1 Å². The van der Waals surface area contributed by atoms with E-state index in [2.05, 4.69) is 0 Å². The van der Waals surface area contributed by atoms with Gasteiger partial charge >= 0.3 is 0 Å². The van der Waals surface area contributed by atoms with Crippen molar-refractivity contribution >= 4 is 5.91 Å². The molecule has 0 aliphatic rings. The molecule has 0 aliphatic heterocycles. The number of ether oxygens (including phenoxy) is 1. The number of amides is 1. The number of phenolic OH excluding ortho intramolecular Hbond substituents is 1. The van der Waals surface area contributed by atoms with Gasteiger partial charge in [-0.2, -0.15) is 0 Å². The number of halogens is 1. The van der Waals surface area contributed by atoms with Crippen molar-refractivity contribution in [2.45, 2.75) is 0 Å². The summed E-state index contributed by atoms with van der Waals surface area (Å²) in [6, 6.07) is 8.21. The van der Waals surface area contributed by atoms with Crippen LogP contribution in [-0.2, 0) is 0 Å². The van der Waals surface area contributed by atoms with Crippen LogP contribution in [0.5, 0.6) is 11.5 Å². The first-order chi connectivity index (χ1) is 9.01. The van der Waals surface area contributed by atoms with E-state index in [9.17, 15) is 14.3 Å². The molecular weight excluding hydrogens is 249 g/mol. The Balaban J connectivity index is 2.61. The summed E-state index contributed by atoms with van der Waals surface area (Å²) in [4.78, 5) is 11.1. The highest BCUT2D eigenvalue weighted by Gasteiger charge is 2.11. The van der Waals surface area contributed by atoms with Crippen LogP contribution in [0.3, 0.4) is 0 Å². The molecule has 0 radical (unpaired) electrons. The van der Waals surface area contributed by atoms with E-state index in [1.165, 1.54) is 43.5 Å². The van der Waals surface area contributed by atoms with E-state index in [0.717, 1.165) is 0 Å². The minimum atomic E-state index is -0.694. The second-order valence-electron chi connectivity index (χ2n) is 3.98. The Kier molecular flexibility index (Phi) is 3.37. The first-order valence-electron chi connectivity index (χ1n) is 5.49. The van der Waals surface area contributed by atoms with Crippen molar-refractivity contribution in [3.05, 3.63) is 47.8 Å². The van der Waals surface area contributed by atoms with Gasteiger partial charge in [0.15, 0.2) is 0 Å². The lowest BCUT2D eigenvalue weighted by atomic mass is 10.0. The molecular formula is C14H12FNO3. The van der Waals surface area contributed by atoms with Crippen molar-refractivity contribution < 1.29 is 19.0 Å². The Morgan fingerprint density at radius 3 is 2.63 bits per heavy atom. The molecule has 1 amide bonds. The average molecular weight is 261 g/mol. The Morgan fingerprint density at radius 1 is 1.26 bits per heavy atom. The summed E-state index contributed by atoms with van der Waals surface area (Å²) in [6.45, 7) is 0. The maximum atomic E-state index is 13.8. The van der Waals surface area contributed by atoms with E-state index < -0.39 is 11.7 Å². The summed E-state index contributed by atoms with van der Waals surface area (Å²) in [5, 5.41) is 9.56. The number of primary amides is 1. The third-order valence-electron chi connectivity index (χ3n) is 2.69. The monoisotopic (exact) mass is 261 g/mol. The van der Waals surface area contributed by atoms with E-state index in [4.69, 9.17) is 10.5 Å². The molecule has 0 bridgehead atoms. The van der Waals surface area contributed by atoms with Crippen LogP contribution in [-0.4, -0.2) is 18.1 Å². The minimum absolute atomic E-state index is 0.109. The molecule has 0 saturated carbocycles. The van der Waals surface area contributed by atoms with Gasteiger partial charge < -0.3 is 15.6 Å². The molecule has 0 saturated heterocycles. The van der Waals surface area contributed by atoms with Gasteiger partial charge in [-0.05, 0) is 42.0 Å². The smallest absolute Gasteiger partial charge is 0.248 e. The number of nitrogens with two attached hydrogens (primary N) is 1. The van der Waals surface area contributed by atoms with Crippen LogP contribution in [0.1, 0.15) is 10.4 Å². The maximum Gasteiger partial charge on any atom is 0.248 e. The van der Waals surface area contributed by atoms with Crippen LogP contribution in [0.4, 0.5) is 4.39 Å². The van der Waals surface area contributed by atoms with Crippen molar-refractivity contribution in [3.8, 4) is 22.6 Å². The van der Waals surface area contributed by atoms with Crippen LogP contribution < -0.4 is 10.5 Å². The molecule has 0 unspecified atom stereocenters. The molecule has 0 spiro atoms. The third-order valence-corrected chi connectivity index (χ3v) is 2.69. The van der Waals surface area contributed by atoms with Crippen molar-refractivity contribution in [1.29, 1.82) is 0 Å². The molecule has 0 fully saturated rings. The lowest BCUT2D eigenvalue weighted by molar-refractivity contribution is 0.1000. The Labute approximate surface area is 109 Å². The predicted octanol–water partition coefficient (Wildman–Crippen LogP) is 2.31. The van der Waals surface area contributed by atoms with Gasteiger partial charge in [-0.3, -0.25) is 4.79 Å². The first-order valence-corrected chi connectivity index (χ1v) is 5.49. The standard InChI is InChI=1S/C14H12FNO3/c1-19-11-2-3-13(15)12(7-11)8-4-9(14(16)18)6-10(17)5-8/h2-7,17H,1H3,(H2,16,18). The van der Waals surface area contributed by atoms with Gasteiger partial charge in [0.05, 0.1) is 7.11 Å². The third kappa shape index (κ3) is 2.65. The predicted molar refractivity (Wildman–Crippen MR) is 68.6 cm³/mol. The number of phenols is 1. The molecule has 19 heavy (non-hydrogen) atoms. The molecule has 0 aliphatic carbocycles. The Hall–Kier alpha value is -2.56. The highest BCUT2D eigenvalue weighted by atomic mass is 19.1. The Bertz CT molecular complexity index is 641. The number of carbonyl (C=O) groups excluding carboxylic acids is 1. The second kappa shape index (κ2) is 4.97. The van der Waals surface area contributed by atoms with Crippen LogP contribution in [0.15, 0.2) is 36.4 Å². The van der Waals surface area contributed by atoms with Crippen molar-refractivity contribution in [3.63, 3.8) is 0 Å². The van der Waals surface area contributed by atoms with Gasteiger partial charge in [0, 0.05) is 11.1 Å². The van der Waals surface area contributed by atoms with Crippen molar-refractivity contribution in [2.24, 2.45) is 5.73 Å². The first kappa shape index (κ1) is 12.9. The topological polar surface area (TPSA) is 72.6 Å². The fourth-order valence-electron chi connectivity index (χ4n) is 1.76. The van der Waals surface area contributed by atoms with Gasteiger partial charge in [0.25, 0.3) is 0 Å². The summed E-state index contributed by atoms with van der Waals surface area (Å²) < 4.78 is 18.8. The molecule has 2 rings (SSSR count). The number of benzene rings is 2. The second-order valence-corrected chi connectivity index (χ2v) is 3.98. The number of aromatic hydroxyl groups is 1. The molecule has 98 valence electrons. The summed E-state index contributed by atoms with van der Waals surface area (Å²) in [5.74, 6) is -0.865. The molecule has 0 aromatic heterocycles. The number of carbonyl (C=O) groups is 1. The summed E-state index contributed by atoms with van der Waals surface area (Å²) in [6.07, 6.45) is 0. The zero-order valence-corrected chi connectivity index (χ0v) is 10.2. The number of hydrogen-bond acceptors (Lipinski definition) is 3. The number of rotatable bonds is 3. The van der Waals surface area contributed by atoms with Crippen LogP contribution in [0, 0.1) is 5.82 Å². The SMILES string of the molecule is COc1ccc(F)c(-c2cc(O)cc(C(N)=O)c2)c1. The molecule has 0 atom stereocenters. The molecule has 3 N–H and O–H groups in total. The van der Waals surface area contributed by atoms with Crippen molar-refractivity contribution in [2.75, 3.05) is 7.11 Å². The zero-order valence-electron chi connectivity index (χ0n) is 10.2. The molecule has 2 aromatic rings. The van der Waals surface area contributed by atoms with E-state index in [-0.39, 0.29) is 16.9 Å². The lowest BCUT2D eigenvalue weighted by Crippen LogP contribution is -2.10. The molecule has 5 heteroatoms. The van der Waals surface area contributed by atoms with E-state index in [1.54, 1.807) is 0 Å². The quantitative estimate of drug-likeness (QED) is 0.890. The highest BCUT2D eigenvalue weighted by molar-refractivity contribution is 5.94. The maximum absolute atomic E-state index is 13.8. The highest BCUT2D eigenvalue weighted by Crippen LogP contribution is 2.30. The Morgan fingerprint density at radius 2 is 2.00 bits per heavy atom. The summed E-state index contributed by atoms with van der Waals surface area (Å²) in [5.41, 5.74) is 5.84. The molecule has 4 nitrogen and oxygen atoms in total. The summed E-state index contributed by atoms with van der Waals surface area (Å²) in [7, 11) is 1.47. The number of methoxy groups -OCH3 is 1. The van der Waals surface area contributed by atoms with Gasteiger partial charge in [-0.25, -0.2) is 4.39 Å². The minimum Gasteiger partial charge on any atom is -0.508 e. The normalized spacial score (nSPS) is 10.2. The van der Waals surface area contributed by atoms with Gasteiger partial charge in [0.1, 0.15) is 17.3 Å². The van der Waals surface area contributed by atoms with Crippen LogP contribution in [0.2, 0.25) is 0 Å². The van der Waals surface area contributed by atoms with Crippen molar-refractivity contribution in [1.82, 2.24) is 0 Å². The lowest BCUT2D eigenvalue weighted by Gasteiger charge is -2.08. The largest absolute Gasteiger partial charge is 0.508 e. The van der Waals surface area contributed by atoms with Gasteiger partial charge in [-0.15, -0.1) is 0 Å². The zero-order chi connectivity index (χ0) is 14.0. The van der Waals surface area contributed by atoms with E-state index in [1.807, 2.05) is 0 Å². The fourth-order valence-corrected chi connectivity index (χ4v) is 1.76. The van der Waals surface area contributed by atoms with E-state index in [0.29, 0.717) is 11.3 Å². The fraction of sp³-hybridized carbons (Fsp3) is 0.0714. The molecule has 0 heterocycles. The van der Waals surface area contributed by atoms with E-state index >= 15 is 0 Å². The van der Waals surface area contributed by atoms with Crippen LogP contribution >= 0.6 is 0 Å². The molecule has 2 aromatic carbocycles. The number of hydrogen-bond donors (Lipinski definition) is 2. The average Bonchev–Trinajstić information content (AvgIpc) is 2.38. The van der Waals surface area contributed by atoms with Gasteiger partial charge in [0.2, 0.25) is 5.91 Å². The summed E-state index contributed by atoms with van der Waals surface area (Å²) >= 11 is 0. The van der Waals surface area contributed by atoms with Gasteiger partial charge in [-0.1, -0.05) is 0 Å².